The average molecular weight is 297 g/mol. The summed E-state index contributed by atoms with van der Waals surface area (Å²) in [5.41, 5.74) is 6.74. The van der Waals surface area contributed by atoms with Gasteiger partial charge in [-0.1, -0.05) is 24.4 Å². The maximum absolute atomic E-state index is 12.0. The fourth-order valence-corrected chi connectivity index (χ4v) is 2.64. The molecule has 1 atom stereocenters. The van der Waals surface area contributed by atoms with E-state index in [0.29, 0.717) is 28.9 Å². The summed E-state index contributed by atoms with van der Waals surface area (Å²) in [6.45, 7) is 2.42. The highest BCUT2D eigenvalue weighted by atomic mass is 35.5. The average Bonchev–Trinajstić information content (AvgIpc) is 2.92. The molecule has 1 aromatic carbocycles. The first kappa shape index (κ1) is 15.1. The van der Waals surface area contributed by atoms with Crippen molar-refractivity contribution < 1.29 is 9.53 Å². The van der Waals surface area contributed by atoms with Gasteiger partial charge in [0, 0.05) is 5.69 Å². The van der Waals surface area contributed by atoms with Crippen molar-refractivity contribution in [3.63, 3.8) is 0 Å². The maximum atomic E-state index is 12.0. The van der Waals surface area contributed by atoms with E-state index in [1.807, 2.05) is 0 Å². The molecular formula is C15H21ClN2O2. The lowest BCUT2D eigenvalue weighted by molar-refractivity contribution is -0.127. The van der Waals surface area contributed by atoms with Crippen molar-refractivity contribution in [3.05, 3.63) is 23.2 Å². The molecule has 5 heteroatoms. The van der Waals surface area contributed by atoms with E-state index in [-0.39, 0.29) is 5.91 Å². The fourth-order valence-electron chi connectivity index (χ4n) is 2.40. The van der Waals surface area contributed by atoms with Gasteiger partial charge < -0.3 is 15.8 Å². The second kappa shape index (κ2) is 6.95. The summed E-state index contributed by atoms with van der Waals surface area (Å²) >= 11 is 6.02. The topological polar surface area (TPSA) is 64.3 Å². The zero-order chi connectivity index (χ0) is 14.5. The number of benzene rings is 1. The van der Waals surface area contributed by atoms with E-state index < -0.39 is 6.10 Å². The number of nitrogens with two attached hydrogens (primary N) is 1. The Morgan fingerprint density at radius 1 is 1.50 bits per heavy atom. The van der Waals surface area contributed by atoms with Gasteiger partial charge in [0.05, 0.1) is 17.3 Å². The number of ether oxygens (including phenoxy) is 1. The highest BCUT2D eigenvalue weighted by Crippen LogP contribution is 2.26. The van der Waals surface area contributed by atoms with Crippen LogP contribution in [0.4, 0.5) is 11.4 Å². The number of hydrogen-bond donors (Lipinski definition) is 2. The third-order valence-corrected chi connectivity index (χ3v) is 3.99. The van der Waals surface area contributed by atoms with Gasteiger partial charge in [-0.05, 0) is 43.9 Å². The Labute approximate surface area is 124 Å². The van der Waals surface area contributed by atoms with Crippen LogP contribution < -0.4 is 11.1 Å². The Kier molecular flexibility index (Phi) is 5.26. The van der Waals surface area contributed by atoms with Gasteiger partial charge in [0.2, 0.25) is 0 Å². The molecule has 0 radical (unpaired) electrons. The molecule has 0 aromatic heterocycles. The minimum Gasteiger partial charge on any atom is -0.399 e. The normalized spacial score (nSPS) is 17.1. The van der Waals surface area contributed by atoms with Gasteiger partial charge in [-0.2, -0.15) is 0 Å². The van der Waals surface area contributed by atoms with E-state index in [9.17, 15) is 4.79 Å². The van der Waals surface area contributed by atoms with Crippen molar-refractivity contribution in [2.24, 2.45) is 5.92 Å². The van der Waals surface area contributed by atoms with E-state index in [1.54, 1.807) is 25.1 Å². The first-order chi connectivity index (χ1) is 9.56. The highest BCUT2D eigenvalue weighted by molar-refractivity contribution is 6.34. The zero-order valence-corrected chi connectivity index (χ0v) is 12.5. The summed E-state index contributed by atoms with van der Waals surface area (Å²) in [6, 6.07) is 5.01. The molecule has 110 valence electrons. The predicted molar refractivity (Wildman–Crippen MR) is 81.9 cm³/mol. The second-order valence-electron chi connectivity index (χ2n) is 5.35. The number of amides is 1. The number of nitrogen functional groups attached to an aromatic ring is 1. The molecule has 1 aliphatic carbocycles. The second-order valence-corrected chi connectivity index (χ2v) is 5.76. The van der Waals surface area contributed by atoms with Crippen molar-refractivity contribution in [1.82, 2.24) is 0 Å². The standard InChI is InChI=1S/C15H21ClN2O2/c1-10(20-9-11-4-2-3-5-11)15(19)18-14-7-6-12(17)8-13(14)16/h6-8,10-11H,2-5,9,17H2,1H3,(H,18,19). The molecule has 0 heterocycles. The number of anilines is 2. The smallest absolute Gasteiger partial charge is 0.253 e. The molecule has 1 aromatic rings. The van der Waals surface area contributed by atoms with Crippen molar-refractivity contribution in [2.45, 2.75) is 38.7 Å². The lowest BCUT2D eigenvalue weighted by atomic mass is 10.1. The number of rotatable bonds is 5. The van der Waals surface area contributed by atoms with Crippen LogP contribution in [0, 0.1) is 5.92 Å². The summed E-state index contributed by atoms with van der Waals surface area (Å²) in [6.07, 6.45) is 4.48. The number of carbonyl (C=O) groups excluding carboxylic acids is 1. The monoisotopic (exact) mass is 296 g/mol. The van der Waals surface area contributed by atoms with Gasteiger partial charge >= 0.3 is 0 Å². The maximum Gasteiger partial charge on any atom is 0.253 e. The van der Waals surface area contributed by atoms with Crippen LogP contribution in [0.3, 0.4) is 0 Å². The van der Waals surface area contributed by atoms with E-state index in [0.717, 1.165) is 0 Å². The van der Waals surface area contributed by atoms with Crippen LogP contribution in [-0.2, 0) is 9.53 Å². The molecule has 2 rings (SSSR count). The molecule has 4 nitrogen and oxygen atoms in total. The Morgan fingerprint density at radius 2 is 2.20 bits per heavy atom. The van der Waals surface area contributed by atoms with Gasteiger partial charge in [-0.25, -0.2) is 0 Å². The number of carbonyl (C=O) groups is 1. The minimum atomic E-state index is -0.482. The van der Waals surface area contributed by atoms with Crippen LogP contribution in [0.1, 0.15) is 32.6 Å². The largest absolute Gasteiger partial charge is 0.399 e. The molecule has 0 saturated heterocycles. The molecule has 0 aliphatic heterocycles. The van der Waals surface area contributed by atoms with E-state index in [2.05, 4.69) is 5.32 Å². The number of halogens is 1. The molecule has 1 amide bonds. The molecule has 1 aliphatic rings. The highest BCUT2D eigenvalue weighted by Gasteiger charge is 2.19. The predicted octanol–water partition coefficient (Wildman–Crippen LogP) is 3.46. The molecule has 1 fully saturated rings. The molecule has 1 unspecified atom stereocenters. The molecule has 0 spiro atoms. The first-order valence-corrected chi connectivity index (χ1v) is 7.41. The Morgan fingerprint density at radius 3 is 2.85 bits per heavy atom. The van der Waals surface area contributed by atoms with Crippen LogP contribution in [0.2, 0.25) is 5.02 Å². The summed E-state index contributed by atoms with van der Waals surface area (Å²) in [7, 11) is 0. The van der Waals surface area contributed by atoms with E-state index in [1.165, 1.54) is 25.7 Å². The van der Waals surface area contributed by atoms with E-state index in [4.69, 9.17) is 22.1 Å². The van der Waals surface area contributed by atoms with Crippen molar-refractivity contribution >= 4 is 28.9 Å². The van der Waals surface area contributed by atoms with Crippen LogP contribution in [0.15, 0.2) is 18.2 Å². The Hall–Kier alpha value is -1.26. The van der Waals surface area contributed by atoms with Crippen LogP contribution in [0.25, 0.3) is 0 Å². The van der Waals surface area contributed by atoms with Crippen molar-refractivity contribution in [2.75, 3.05) is 17.7 Å². The van der Waals surface area contributed by atoms with Crippen molar-refractivity contribution in [1.29, 1.82) is 0 Å². The van der Waals surface area contributed by atoms with Gasteiger partial charge in [0.15, 0.2) is 0 Å². The summed E-state index contributed by atoms with van der Waals surface area (Å²) in [5.74, 6) is 0.417. The summed E-state index contributed by atoms with van der Waals surface area (Å²) in [4.78, 5) is 12.0. The van der Waals surface area contributed by atoms with Gasteiger partial charge in [0.1, 0.15) is 6.10 Å². The van der Waals surface area contributed by atoms with Crippen LogP contribution in [-0.4, -0.2) is 18.6 Å². The summed E-state index contributed by atoms with van der Waals surface area (Å²) < 4.78 is 5.64. The lowest BCUT2D eigenvalue weighted by Crippen LogP contribution is -2.29. The van der Waals surface area contributed by atoms with Crippen molar-refractivity contribution in [3.8, 4) is 0 Å². The fraction of sp³-hybridized carbons (Fsp3) is 0.533. The minimum absolute atomic E-state index is 0.185. The van der Waals surface area contributed by atoms with Gasteiger partial charge in [-0.15, -0.1) is 0 Å². The molecule has 20 heavy (non-hydrogen) atoms. The molecule has 3 N–H and O–H groups in total. The molecule has 0 bridgehead atoms. The van der Waals surface area contributed by atoms with E-state index >= 15 is 0 Å². The van der Waals surface area contributed by atoms with Gasteiger partial charge in [0.25, 0.3) is 5.91 Å². The Bertz CT molecular complexity index is 473. The Balaban J connectivity index is 1.83. The zero-order valence-electron chi connectivity index (χ0n) is 11.7. The lowest BCUT2D eigenvalue weighted by Gasteiger charge is -2.16. The first-order valence-electron chi connectivity index (χ1n) is 7.03. The molecule has 1 saturated carbocycles. The SMILES string of the molecule is CC(OCC1CCCC1)C(=O)Nc1ccc(N)cc1Cl. The molecular weight excluding hydrogens is 276 g/mol. The summed E-state index contributed by atoms with van der Waals surface area (Å²) in [5, 5.41) is 3.19. The quantitative estimate of drug-likeness (QED) is 0.818. The third kappa shape index (κ3) is 4.12. The third-order valence-electron chi connectivity index (χ3n) is 3.68. The van der Waals surface area contributed by atoms with Crippen LogP contribution >= 0.6 is 11.6 Å². The number of hydrogen-bond acceptors (Lipinski definition) is 3. The number of nitrogens with one attached hydrogen (secondary N) is 1. The van der Waals surface area contributed by atoms with Gasteiger partial charge in [-0.3, -0.25) is 4.79 Å². The van der Waals surface area contributed by atoms with Crippen LogP contribution in [0.5, 0.6) is 0 Å².